The maximum absolute atomic E-state index is 4.07. The van der Waals surface area contributed by atoms with Gasteiger partial charge in [0.25, 0.3) is 0 Å². The topological polar surface area (TPSA) is 24.1 Å². The number of para-hydroxylation sites is 1. The highest BCUT2D eigenvalue weighted by atomic mass is 32.2. The number of hydrogen-bond acceptors (Lipinski definition) is 3. The lowest BCUT2D eigenvalue weighted by molar-refractivity contribution is 0.749. The van der Waals surface area contributed by atoms with Crippen molar-refractivity contribution in [3.05, 3.63) is 78.0 Å². The first-order chi connectivity index (χ1) is 12.1. The summed E-state index contributed by atoms with van der Waals surface area (Å²) in [6.45, 7) is 9.34. The third-order valence-corrected chi connectivity index (χ3v) is 4.70. The lowest BCUT2D eigenvalue weighted by Crippen LogP contribution is -2.14. The van der Waals surface area contributed by atoms with Gasteiger partial charge in [0, 0.05) is 24.2 Å². The Labute approximate surface area is 157 Å². The molecule has 1 saturated carbocycles. The van der Waals surface area contributed by atoms with Gasteiger partial charge in [0.1, 0.15) is 0 Å². The average molecular weight is 355 g/mol. The van der Waals surface area contributed by atoms with E-state index in [-0.39, 0.29) is 0 Å². The molecule has 3 heteroatoms. The molecule has 134 valence electrons. The first-order valence-electron chi connectivity index (χ1n) is 8.96. The van der Waals surface area contributed by atoms with Gasteiger partial charge in [-0.25, -0.2) is 0 Å². The zero-order valence-electron chi connectivity index (χ0n) is 15.6. The van der Waals surface area contributed by atoms with Crippen molar-refractivity contribution in [2.45, 2.75) is 39.2 Å². The van der Waals surface area contributed by atoms with Crippen LogP contribution in [-0.2, 0) is 6.54 Å². The van der Waals surface area contributed by atoms with Crippen LogP contribution >= 0.6 is 11.9 Å². The van der Waals surface area contributed by atoms with Crippen molar-refractivity contribution in [1.29, 1.82) is 0 Å². The summed E-state index contributed by atoms with van der Waals surface area (Å²) in [6, 6.07) is 18.9. The highest BCUT2D eigenvalue weighted by Crippen LogP contribution is 2.34. The first-order valence-corrected chi connectivity index (χ1v) is 10.2. The molecule has 0 saturated heterocycles. The predicted molar refractivity (Wildman–Crippen MR) is 113 cm³/mol. The SMILES string of the molecule is C=C(NCc1ccccc1NSC)C1CC1.CC(C)c1ccccc1. The van der Waals surface area contributed by atoms with Gasteiger partial charge in [0.2, 0.25) is 0 Å². The summed E-state index contributed by atoms with van der Waals surface area (Å²) in [6.07, 6.45) is 4.64. The zero-order chi connectivity index (χ0) is 18.1. The maximum Gasteiger partial charge on any atom is 0.0490 e. The van der Waals surface area contributed by atoms with Gasteiger partial charge in [-0.15, -0.1) is 0 Å². The van der Waals surface area contributed by atoms with E-state index in [0.29, 0.717) is 5.92 Å². The number of hydrogen-bond donors (Lipinski definition) is 2. The van der Waals surface area contributed by atoms with Gasteiger partial charge in [-0.1, -0.05) is 80.9 Å². The Hall–Kier alpha value is -1.87. The van der Waals surface area contributed by atoms with Crippen LogP contribution in [0.1, 0.15) is 43.7 Å². The lowest BCUT2D eigenvalue weighted by atomic mass is 10.0. The Morgan fingerprint density at radius 3 is 2.28 bits per heavy atom. The van der Waals surface area contributed by atoms with Crippen molar-refractivity contribution < 1.29 is 0 Å². The fourth-order valence-corrected chi connectivity index (χ4v) is 2.93. The number of benzene rings is 2. The van der Waals surface area contributed by atoms with Gasteiger partial charge in [-0.3, -0.25) is 0 Å². The zero-order valence-corrected chi connectivity index (χ0v) is 16.4. The summed E-state index contributed by atoms with van der Waals surface area (Å²) in [5.41, 5.74) is 5.08. The minimum absolute atomic E-state index is 0.659. The highest BCUT2D eigenvalue weighted by Gasteiger charge is 2.24. The van der Waals surface area contributed by atoms with E-state index >= 15 is 0 Å². The van der Waals surface area contributed by atoms with Crippen molar-refractivity contribution in [2.24, 2.45) is 5.92 Å². The van der Waals surface area contributed by atoms with Crippen molar-refractivity contribution in [3.63, 3.8) is 0 Å². The van der Waals surface area contributed by atoms with E-state index in [1.165, 1.54) is 35.4 Å². The minimum Gasteiger partial charge on any atom is -0.384 e. The van der Waals surface area contributed by atoms with E-state index in [4.69, 9.17) is 0 Å². The Kier molecular flexibility index (Phi) is 7.93. The number of allylic oxidation sites excluding steroid dienone is 1. The quantitative estimate of drug-likeness (QED) is 0.579. The molecule has 1 fully saturated rings. The smallest absolute Gasteiger partial charge is 0.0490 e. The van der Waals surface area contributed by atoms with Crippen LogP contribution in [0.15, 0.2) is 66.9 Å². The van der Waals surface area contributed by atoms with Gasteiger partial charge >= 0.3 is 0 Å². The van der Waals surface area contributed by atoms with Gasteiger partial charge in [0.05, 0.1) is 0 Å². The molecule has 2 N–H and O–H groups in total. The van der Waals surface area contributed by atoms with Crippen molar-refractivity contribution in [2.75, 3.05) is 11.0 Å². The molecule has 1 aliphatic rings. The fraction of sp³-hybridized carbons (Fsp3) is 0.364. The molecule has 3 rings (SSSR count). The van der Waals surface area contributed by atoms with Crippen LogP contribution in [0.4, 0.5) is 5.69 Å². The monoisotopic (exact) mass is 354 g/mol. The molecular weight excluding hydrogens is 324 g/mol. The maximum atomic E-state index is 4.07. The normalized spacial score (nSPS) is 13.0. The Balaban J connectivity index is 0.000000212. The molecule has 0 amide bonds. The molecule has 0 aliphatic heterocycles. The van der Waals surface area contributed by atoms with Crippen LogP contribution in [0.5, 0.6) is 0 Å². The predicted octanol–water partition coefficient (Wildman–Crippen LogP) is 6.20. The van der Waals surface area contributed by atoms with Gasteiger partial charge in [0.15, 0.2) is 0 Å². The molecule has 2 nitrogen and oxygen atoms in total. The van der Waals surface area contributed by atoms with E-state index in [1.807, 2.05) is 12.3 Å². The summed E-state index contributed by atoms with van der Waals surface area (Å²) >= 11 is 1.62. The van der Waals surface area contributed by atoms with Crippen molar-refractivity contribution in [3.8, 4) is 0 Å². The molecule has 2 aromatic carbocycles. The van der Waals surface area contributed by atoms with Gasteiger partial charge in [-0.05, 0) is 41.9 Å². The Morgan fingerprint density at radius 2 is 1.72 bits per heavy atom. The second-order valence-electron chi connectivity index (χ2n) is 6.68. The molecule has 0 heterocycles. The number of nitrogens with one attached hydrogen (secondary N) is 2. The summed E-state index contributed by atoms with van der Waals surface area (Å²) < 4.78 is 3.29. The third-order valence-electron chi connectivity index (χ3n) is 4.27. The van der Waals surface area contributed by atoms with Gasteiger partial charge in [-0.2, -0.15) is 0 Å². The fourth-order valence-electron chi connectivity index (χ4n) is 2.51. The number of anilines is 1. The van der Waals surface area contributed by atoms with Crippen LogP contribution < -0.4 is 10.0 Å². The van der Waals surface area contributed by atoms with Crippen LogP contribution in [0.3, 0.4) is 0 Å². The van der Waals surface area contributed by atoms with E-state index < -0.39 is 0 Å². The molecule has 0 unspecified atom stereocenters. The third kappa shape index (κ3) is 6.87. The van der Waals surface area contributed by atoms with Crippen LogP contribution in [0.2, 0.25) is 0 Å². The van der Waals surface area contributed by atoms with Gasteiger partial charge < -0.3 is 10.0 Å². The second kappa shape index (κ2) is 10.2. The molecule has 2 aromatic rings. The summed E-state index contributed by atoms with van der Waals surface area (Å²) in [7, 11) is 0. The summed E-state index contributed by atoms with van der Waals surface area (Å²) in [5.74, 6) is 1.38. The summed E-state index contributed by atoms with van der Waals surface area (Å²) in [5, 5.41) is 3.42. The van der Waals surface area contributed by atoms with E-state index in [9.17, 15) is 0 Å². The molecule has 25 heavy (non-hydrogen) atoms. The van der Waals surface area contributed by atoms with E-state index in [1.54, 1.807) is 11.9 Å². The second-order valence-corrected chi connectivity index (χ2v) is 7.29. The molecule has 0 aromatic heterocycles. The molecule has 1 aliphatic carbocycles. The standard InChI is InChI=1S/C13H18N2S.C9H12/c1-10(11-7-8-11)14-9-12-5-3-4-6-13(12)15-16-2;1-8(2)9-6-4-3-5-7-9/h3-6,11,14-15H,1,7-9H2,2H3;3-8H,1-2H3. The first kappa shape index (κ1) is 19.5. The minimum atomic E-state index is 0.659. The molecule has 0 radical (unpaired) electrons. The Morgan fingerprint density at radius 1 is 1.08 bits per heavy atom. The van der Waals surface area contributed by atoms with Crippen LogP contribution in [0, 0.1) is 5.92 Å². The lowest BCUT2D eigenvalue weighted by Gasteiger charge is -2.12. The number of rotatable bonds is 7. The van der Waals surface area contributed by atoms with Crippen molar-refractivity contribution in [1.82, 2.24) is 5.32 Å². The Bertz CT molecular complexity index is 648. The average Bonchev–Trinajstić information content (AvgIpc) is 3.47. The molecule has 0 atom stereocenters. The largest absolute Gasteiger partial charge is 0.384 e. The van der Waals surface area contributed by atoms with Crippen LogP contribution in [-0.4, -0.2) is 6.26 Å². The van der Waals surface area contributed by atoms with Crippen LogP contribution in [0.25, 0.3) is 0 Å². The molecule has 0 bridgehead atoms. The molecular formula is C22H30N2S. The van der Waals surface area contributed by atoms with E-state index in [2.05, 4.69) is 79.0 Å². The van der Waals surface area contributed by atoms with Crippen molar-refractivity contribution >= 4 is 17.6 Å². The molecule has 0 spiro atoms. The van der Waals surface area contributed by atoms with E-state index in [0.717, 1.165) is 12.5 Å². The summed E-state index contributed by atoms with van der Waals surface area (Å²) in [4.78, 5) is 0. The highest BCUT2D eigenvalue weighted by molar-refractivity contribution is 7.99.